The summed E-state index contributed by atoms with van der Waals surface area (Å²) in [5, 5.41) is 15.7. The van der Waals surface area contributed by atoms with Gasteiger partial charge in [-0.3, -0.25) is 0 Å². The van der Waals surface area contributed by atoms with Crippen LogP contribution in [-0.4, -0.2) is 66.9 Å². The molecule has 5 rings (SSSR count). The molecule has 0 radical (unpaired) electrons. The second kappa shape index (κ2) is 8.38. The number of aromatic amines is 1. The Hall–Kier alpha value is -2.49. The van der Waals surface area contributed by atoms with Crippen LogP contribution in [0.15, 0.2) is 18.6 Å². The summed E-state index contributed by atoms with van der Waals surface area (Å²) in [6, 6.07) is 2.02. The molecule has 0 saturated carbocycles. The number of methoxy groups -OCH3 is 1. The van der Waals surface area contributed by atoms with E-state index in [0.717, 1.165) is 54.1 Å². The van der Waals surface area contributed by atoms with Crippen molar-refractivity contribution in [2.75, 3.05) is 26.7 Å². The molecule has 0 amide bonds. The largest absolute Gasteiger partial charge is 0.493 e. The van der Waals surface area contributed by atoms with Gasteiger partial charge >= 0.3 is 0 Å². The number of fused-ring (bicyclic) bond motifs is 2. The molecule has 1 fully saturated rings. The lowest BCUT2D eigenvalue weighted by molar-refractivity contribution is 0.0282. The second-order valence-corrected chi connectivity index (χ2v) is 11.0. The van der Waals surface area contributed by atoms with Crippen molar-refractivity contribution in [1.29, 1.82) is 0 Å². The Balaban J connectivity index is 1.46. The number of aliphatic hydroxyl groups is 1. The quantitative estimate of drug-likeness (QED) is 0.435. The molecule has 5 heterocycles. The SMILES string of the molecule is COc1cc(-c2[nH]c3sc(C4CCN(CC(C)(C)O)CC4)nc3c2C(C)C)cn2ncnc12. The van der Waals surface area contributed by atoms with Crippen LogP contribution in [0.1, 0.15) is 62.9 Å². The monoisotopic (exact) mass is 468 g/mol. The van der Waals surface area contributed by atoms with Crippen LogP contribution in [0.2, 0.25) is 0 Å². The fraction of sp³-hybridized carbons (Fsp3) is 0.542. The molecule has 0 atom stereocenters. The van der Waals surface area contributed by atoms with Crippen LogP contribution in [0.5, 0.6) is 5.75 Å². The minimum Gasteiger partial charge on any atom is -0.493 e. The summed E-state index contributed by atoms with van der Waals surface area (Å²) in [6.07, 6.45) is 5.69. The molecule has 9 heteroatoms. The minimum absolute atomic E-state index is 0.315. The number of thiazole rings is 1. The van der Waals surface area contributed by atoms with E-state index in [-0.39, 0.29) is 0 Å². The van der Waals surface area contributed by atoms with E-state index in [1.807, 2.05) is 26.1 Å². The summed E-state index contributed by atoms with van der Waals surface area (Å²) < 4.78 is 7.33. The Morgan fingerprint density at radius 1 is 1.30 bits per heavy atom. The molecular formula is C24H32N6O2S. The van der Waals surface area contributed by atoms with E-state index < -0.39 is 5.60 Å². The highest BCUT2D eigenvalue weighted by Crippen LogP contribution is 2.41. The van der Waals surface area contributed by atoms with Crippen LogP contribution in [0.3, 0.4) is 0 Å². The van der Waals surface area contributed by atoms with E-state index >= 15 is 0 Å². The number of piperidine rings is 1. The highest BCUT2D eigenvalue weighted by atomic mass is 32.1. The summed E-state index contributed by atoms with van der Waals surface area (Å²) >= 11 is 1.78. The first kappa shape index (κ1) is 22.3. The van der Waals surface area contributed by atoms with Gasteiger partial charge in [0.1, 0.15) is 16.7 Å². The van der Waals surface area contributed by atoms with Crippen molar-refractivity contribution < 1.29 is 9.84 Å². The van der Waals surface area contributed by atoms with E-state index in [2.05, 4.69) is 33.8 Å². The van der Waals surface area contributed by atoms with Crippen molar-refractivity contribution in [2.24, 2.45) is 0 Å². The fourth-order valence-corrected chi connectivity index (χ4v) is 6.09. The summed E-state index contributed by atoms with van der Waals surface area (Å²) in [4.78, 5) is 16.6. The molecule has 8 nitrogen and oxygen atoms in total. The molecule has 4 aromatic heterocycles. The lowest BCUT2D eigenvalue weighted by atomic mass is 9.96. The lowest BCUT2D eigenvalue weighted by Crippen LogP contribution is -2.42. The first-order chi connectivity index (χ1) is 15.7. The predicted molar refractivity (Wildman–Crippen MR) is 131 cm³/mol. The number of hydrogen-bond donors (Lipinski definition) is 2. The van der Waals surface area contributed by atoms with Gasteiger partial charge in [-0.15, -0.1) is 11.3 Å². The molecule has 4 aromatic rings. The molecule has 176 valence electrons. The third-order valence-electron chi connectivity index (χ3n) is 6.38. The number of ether oxygens (including phenoxy) is 1. The zero-order valence-electron chi connectivity index (χ0n) is 19.9. The number of pyridine rings is 1. The van der Waals surface area contributed by atoms with Gasteiger partial charge in [-0.05, 0) is 51.8 Å². The zero-order valence-corrected chi connectivity index (χ0v) is 20.7. The molecule has 1 aliphatic heterocycles. The normalized spacial score (nSPS) is 16.5. The highest BCUT2D eigenvalue weighted by Gasteiger charge is 2.28. The number of nitrogens with one attached hydrogen (secondary N) is 1. The third kappa shape index (κ3) is 4.25. The molecule has 1 saturated heterocycles. The first-order valence-corrected chi connectivity index (χ1v) is 12.4. The third-order valence-corrected chi connectivity index (χ3v) is 7.51. The van der Waals surface area contributed by atoms with Crippen LogP contribution < -0.4 is 4.74 Å². The summed E-state index contributed by atoms with van der Waals surface area (Å²) in [5.41, 5.74) is 4.45. The average molecular weight is 469 g/mol. The number of β-amino-alcohol motifs (C(OH)–C–C–N with tert-alkyl or cyclic N) is 1. The molecule has 0 aromatic carbocycles. The van der Waals surface area contributed by atoms with Crippen molar-refractivity contribution in [1.82, 2.24) is 29.5 Å². The van der Waals surface area contributed by atoms with Gasteiger partial charge in [0.25, 0.3) is 0 Å². The number of H-pyrrole nitrogens is 1. The molecule has 0 unspecified atom stereocenters. The first-order valence-electron chi connectivity index (χ1n) is 11.6. The van der Waals surface area contributed by atoms with Gasteiger partial charge in [-0.2, -0.15) is 5.10 Å². The fourth-order valence-electron chi connectivity index (χ4n) is 4.94. The van der Waals surface area contributed by atoms with Gasteiger partial charge in [0.05, 0.1) is 23.4 Å². The van der Waals surface area contributed by atoms with Crippen molar-refractivity contribution in [2.45, 2.75) is 58.0 Å². The van der Waals surface area contributed by atoms with Gasteiger partial charge in [0, 0.05) is 29.8 Å². The number of rotatable bonds is 6. The maximum absolute atomic E-state index is 10.1. The van der Waals surface area contributed by atoms with Crippen molar-refractivity contribution in [3.63, 3.8) is 0 Å². The minimum atomic E-state index is -0.648. The van der Waals surface area contributed by atoms with Crippen LogP contribution in [0.4, 0.5) is 0 Å². The Bertz CT molecular complexity index is 1270. The lowest BCUT2D eigenvalue weighted by Gasteiger charge is -2.34. The summed E-state index contributed by atoms with van der Waals surface area (Å²) in [7, 11) is 1.66. The number of aromatic nitrogens is 5. The highest BCUT2D eigenvalue weighted by molar-refractivity contribution is 7.18. The van der Waals surface area contributed by atoms with Gasteiger partial charge in [0.2, 0.25) is 0 Å². The van der Waals surface area contributed by atoms with E-state index in [1.54, 1.807) is 29.3 Å². The maximum Gasteiger partial charge on any atom is 0.197 e. The van der Waals surface area contributed by atoms with Crippen molar-refractivity contribution in [3.8, 4) is 17.0 Å². The maximum atomic E-state index is 10.1. The molecule has 33 heavy (non-hydrogen) atoms. The standard InChI is InChI=1S/C24H32N6O2S/c1-14(2)18-19(16-10-17(32-5)21-25-13-26-30(21)11-16)27-23-20(18)28-22(33-23)15-6-8-29(9-7-15)12-24(3,4)31/h10-11,13-15,27,31H,6-9,12H2,1-5H3. The smallest absolute Gasteiger partial charge is 0.197 e. The molecular weight excluding hydrogens is 436 g/mol. The van der Waals surface area contributed by atoms with Gasteiger partial charge in [0.15, 0.2) is 11.4 Å². The zero-order chi connectivity index (χ0) is 23.3. The molecule has 0 bridgehead atoms. The van der Waals surface area contributed by atoms with Gasteiger partial charge in [-0.1, -0.05) is 13.8 Å². The van der Waals surface area contributed by atoms with E-state index in [9.17, 15) is 5.11 Å². The van der Waals surface area contributed by atoms with Crippen molar-refractivity contribution >= 4 is 27.3 Å². The Labute approximate surface area is 197 Å². The Kier molecular flexibility index (Phi) is 5.66. The Morgan fingerprint density at radius 3 is 2.73 bits per heavy atom. The summed E-state index contributed by atoms with van der Waals surface area (Å²) in [6.45, 7) is 10.9. The summed E-state index contributed by atoms with van der Waals surface area (Å²) in [5.74, 6) is 1.49. The predicted octanol–water partition coefficient (Wildman–Crippen LogP) is 4.42. The van der Waals surface area contributed by atoms with E-state index in [4.69, 9.17) is 9.72 Å². The van der Waals surface area contributed by atoms with Crippen LogP contribution in [0, 0.1) is 0 Å². The Morgan fingerprint density at radius 2 is 2.06 bits per heavy atom. The van der Waals surface area contributed by atoms with E-state index in [1.165, 1.54) is 10.6 Å². The van der Waals surface area contributed by atoms with Crippen LogP contribution in [0.25, 0.3) is 27.3 Å². The number of likely N-dealkylation sites (tertiary alicyclic amines) is 1. The molecule has 0 spiro atoms. The second-order valence-electron chi connectivity index (χ2n) is 9.99. The van der Waals surface area contributed by atoms with E-state index in [0.29, 0.717) is 23.2 Å². The van der Waals surface area contributed by atoms with Gasteiger partial charge in [-0.25, -0.2) is 14.5 Å². The molecule has 1 aliphatic rings. The van der Waals surface area contributed by atoms with Crippen LogP contribution >= 0.6 is 11.3 Å². The number of hydrogen-bond acceptors (Lipinski definition) is 7. The number of nitrogens with zero attached hydrogens (tertiary/aromatic N) is 5. The molecule has 0 aliphatic carbocycles. The van der Waals surface area contributed by atoms with Crippen LogP contribution in [-0.2, 0) is 0 Å². The van der Waals surface area contributed by atoms with Gasteiger partial charge < -0.3 is 19.7 Å². The topological polar surface area (TPSA) is 91.6 Å². The average Bonchev–Trinajstić information content (AvgIpc) is 3.46. The molecule has 2 N–H and O–H groups in total. The van der Waals surface area contributed by atoms with Crippen molar-refractivity contribution in [3.05, 3.63) is 29.2 Å².